The number of aromatic nitrogens is 1. The van der Waals surface area contributed by atoms with Gasteiger partial charge in [0.15, 0.2) is 0 Å². The number of nitrogens with zero attached hydrogens (tertiary/aromatic N) is 1. The lowest BCUT2D eigenvalue weighted by atomic mass is 10.1. The van der Waals surface area contributed by atoms with Crippen LogP contribution >= 0.6 is 0 Å². The molecule has 2 aromatic rings. The maximum Gasteiger partial charge on any atom is 0.228 e. The molecule has 2 N–H and O–H groups in total. The number of carbonyl (C=O) groups excluding carboxylic acids is 1. The van der Waals surface area contributed by atoms with Gasteiger partial charge < -0.3 is 10.4 Å². The van der Waals surface area contributed by atoms with E-state index in [2.05, 4.69) is 10.3 Å². The Morgan fingerprint density at radius 3 is 2.41 bits per heavy atom. The molecule has 0 aliphatic heterocycles. The van der Waals surface area contributed by atoms with E-state index in [1.807, 2.05) is 0 Å². The zero-order chi connectivity index (χ0) is 12.1. The lowest BCUT2D eigenvalue weighted by Gasteiger charge is -2.04. The topological polar surface area (TPSA) is 62.2 Å². The van der Waals surface area contributed by atoms with Crippen LogP contribution in [0.15, 0.2) is 48.8 Å². The van der Waals surface area contributed by atoms with Crippen LogP contribution in [0.1, 0.15) is 5.56 Å². The van der Waals surface area contributed by atoms with Gasteiger partial charge in [-0.15, -0.1) is 0 Å². The number of aromatic hydroxyl groups is 1. The molecule has 1 aromatic carbocycles. The summed E-state index contributed by atoms with van der Waals surface area (Å²) in [6.45, 7) is 0. The minimum atomic E-state index is -0.0955. The first-order valence-corrected chi connectivity index (χ1v) is 5.22. The largest absolute Gasteiger partial charge is 0.508 e. The van der Waals surface area contributed by atoms with Crippen LogP contribution in [0.5, 0.6) is 5.75 Å². The van der Waals surface area contributed by atoms with Crippen molar-refractivity contribution >= 4 is 11.6 Å². The molecule has 0 fully saturated rings. The van der Waals surface area contributed by atoms with E-state index in [9.17, 15) is 4.79 Å². The average molecular weight is 228 g/mol. The summed E-state index contributed by atoms with van der Waals surface area (Å²) in [5.41, 5.74) is 1.58. The third-order valence-corrected chi connectivity index (χ3v) is 2.27. The highest BCUT2D eigenvalue weighted by molar-refractivity contribution is 5.92. The number of nitrogens with one attached hydrogen (secondary N) is 1. The summed E-state index contributed by atoms with van der Waals surface area (Å²) in [5.74, 6) is 0.102. The number of phenols is 1. The van der Waals surface area contributed by atoms with Gasteiger partial charge in [-0.2, -0.15) is 0 Å². The summed E-state index contributed by atoms with van der Waals surface area (Å²) in [6.07, 6.45) is 3.52. The molecule has 0 radical (unpaired) electrons. The molecule has 4 heteroatoms. The van der Waals surface area contributed by atoms with Gasteiger partial charge in [0.2, 0.25) is 5.91 Å². The maximum atomic E-state index is 11.7. The number of benzene rings is 1. The molecule has 1 heterocycles. The summed E-state index contributed by atoms with van der Waals surface area (Å²) in [6, 6.07) is 10.0. The highest BCUT2D eigenvalue weighted by Gasteiger charge is 2.03. The summed E-state index contributed by atoms with van der Waals surface area (Å²) >= 11 is 0. The molecule has 1 aromatic heterocycles. The Hall–Kier alpha value is -2.36. The second-order valence-corrected chi connectivity index (χ2v) is 3.63. The number of rotatable bonds is 3. The van der Waals surface area contributed by atoms with Crippen LogP contribution in [0, 0.1) is 0 Å². The molecular formula is C13H12N2O2. The fraction of sp³-hybridized carbons (Fsp3) is 0.0769. The third-order valence-electron chi connectivity index (χ3n) is 2.27. The first-order chi connectivity index (χ1) is 8.24. The van der Waals surface area contributed by atoms with Gasteiger partial charge in [-0.25, -0.2) is 0 Å². The number of phenolic OH excluding ortho intramolecular Hbond substituents is 1. The van der Waals surface area contributed by atoms with Crippen LogP contribution in [-0.2, 0) is 11.2 Å². The van der Waals surface area contributed by atoms with Gasteiger partial charge in [-0.3, -0.25) is 9.78 Å². The quantitative estimate of drug-likeness (QED) is 0.844. The zero-order valence-corrected chi connectivity index (χ0v) is 9.13. The van der Waals surface area contributed by atoms with Gasteiger partial charge in [-0.1, -0.05) is 12.1 Å². The molecule has 0 unspecified atom stereocenters. The van der Waals surface area contributed by atoms with E-state index in [1.54, 1.807) is 48.8 Å². The molecule has 0 saturated carbocycles. The number of pyridine rings is 1. The van der Waals surface area contributed by atoms with E-state index in [0.29, 0.717) is 0 Å². The molecule has 0 spiro atoms. The number of hydrogen-bond donors (Lipinski definition) is 2. The van der Waals surface area contributed by atoms with Crippen LogP contribution in [0.4, 0.5) is 5.69 Å². The SMILES string of the molecule is O=C(Cc1ccc(O)cc1)Nc1ccncc1. The lowest BCUT2D eigenvalue weighted by molar-refractivity contribution is -0.115. The van der Waals surface area contributed by atoms with Crippen molar-refractivity contribution in [2.24, 2.45) is 0 Å². The minimum absolute atomic E-state index is 0.0955. The van der Waals surface area contributed by atoms with Crippen molar-refractivity contribution in [3.05, 3.63) is 54.4 Å². The van der Waals surface area contributed by atoms with Crippen molar-refractivity contribution < 1.29 is 9.90 Å². The van der Waals surface area contributed by atoms with Crippen LogP contribution in [0.2, 0.25) is 0 Å². The summed E-state index contributed by atoms with van der Waals surface area (Å²) in [5, 5.41) is 11.9. The number of amides is 1. The standard InChI is InChI=1S/C13H12N2O2/c16-12-3-1-10(2-4-12)9-13(17)15-11-5-7-14-8-6-11/h1-8,16H,9H2,(H,14,15,17). The molecule has 0 aliphatic carbocycles. The Labute approximate surface area is 98.9 Å². The zero-order valence-electron chi connectivity index (χ0n) is 9.13. The Morgan fingerprint density at radius 2 is 1.76 bits per heavy atom. The predicted octanol–water partition coefficient (Wildman–Crippen LogP) is 1.97. The highest BCUT2D eigenvalue weighted by Crippen LogP contribution is 2.11. The normalized spacial score (nSPS) is 9.88. The van der Waals surface area contributed by atoms with E-state index in [1.165, 1.54) is 0 Å². The number of hydrogen-bond acceptors (Lipinski definition) is 3. The summed E-state index contributed by atoms with van der Waals surface area (Å²) in [7, 11) is 0. The molecule has 17 heavy (non-hydrogen) atoms. The van der Waals surface area contributed by atoms with E-state index in [4.69, 9.17) is 5.11 Å². The Kier molecular flexibility index (Phi) is 3.35. The minimum Gasteiger partial charge on any atom is -0.508 e. The molecule has 1 amide bonds. The van der Waals surface area contributed by atoms with E-state index in [-0.39, 0.29) is 18.1 Å². The molecule has 2 rings (SSSR count). The fourth-order valence-electron chi connectivity index (χ4n) is 1.44. The lowest BCUT2D eigenvalue weighted by Crippen LogP contribution is -2.14. The van der Waals surface area contributed by atoms with E-state index >= 15 is 0 Å². The number of anilines is 1. The highest BCUT2D eigenvalue weighted by atomic mass is 16.3. The number of carbonyl (C=O) groups is 1. The van der Waals surface area contributed by atoms with Crippen molar-refractivity contribution in [2.45, 2.75) is 6.42 Å². The van der Waals surface area contributed by atoms with E-state index in [0.717, 1.165) is 11.3 Å². The Bertz CT molecular complexity index is 495. The van der Waals surface area contributed by atoms with Gasteiger partial charge in [0, 0.05) is 18.1 Å². The van der Waals surface area contributed by atoms with Gasteiger partial charge in [0.1, 0.15) is 5.75 Å². The summed E-state index contributed by atoms with van der Waals surface area (Å²) < 4.78 is 0. The molecule has 86 valence electrons. The predicted molar refractivity (Wildman–Crippen MR) is 64.7 cm³/mol. The first-order valence-electron chi connectivity index (χ1n) is 5.22. The van der Waals surface area contributed by atoms with Crippen LogP contribution in [-0.4, -0.2) is 16.0 Å². The molecule has 0 bridgehead atoms. The van der Waals surface area contributed by atoms with Crippen molar-refractivity contribution in [1.29, 1.82) is 0 Å². The molecular weight excluding hydrogens is 216 g/mol. The van der Waals surface area contributed by atoms with Crippen molar-refractivity contribution in [2.75, 3.05) is 5.32 Å². The van der Waals surface area contributed by atoms with Gasteiger partial charge in [-0.05, 0) is 29.8 Å². The fourth-order valence-corrected chi connectivity index (χ4v) is 1.44. The maximum absolute atomic E-state index is 11.7. The second kappa shape index (κ2) is 5.12. The summed E-state index contributed by atoms with van der Waals surface area (Å²) in [4.78, 5) is 15.5. The molecule has 4 nitrogen and oxygen atoms in total. The van der Waals surface area contributed by atoms with Gasteiger partial charge in [0.05, 0.1) is 6.42 Å². The van der Waals surface area contributed by atoms with Gasteiger partial charge >= 0.3 is 0 Å². The second-order valence-electron chi connectivity index (χ2n) is 3.63. The van der Waals surface area contributed by atoms with Crippen LogP contribution < -0.4 is 5.32 Å². The van der Waals surface area contributed by atoms with E-state index < -0.39 is 0 Å². The van der Waals surface area contributed by atoms with Crippen LogP contribution in [0.25, 0.3) is 0 Å². The Morgan fingerprint density at radius 1 is 1.12 bits per heavy atom. The first kappa shape index (κ1) is 11.1. The monoisotopic (exact) mass is 228 g/mol. The third kappa shape index (κ3) is 3.31. The smallest absolute Gasteiger partial charge is 0.228 e. The van der Waals surface area contributed by atoms with Crippen molar-refractivity contribution in [3.63, 3.8) is 0 Å². The molecule has 0 atom stereocenters. The van der Waals surface area contributed by atoms with Crippen LogP contribution in [0.3, 0.4) is 0 Å². The molecule has 0 aliphatic rings. The van der Waals surface area contributed by atoms with Crippen molar-refractivity contribution in [3.8, 4) is 5.75 Å². The Balaban J connectivity index is 1.96. The van der Waals surface area contributed by atoms with Gasteiger partial charge in [0.25, 0.3) is 0 Å². The molecule has 0 saturated heterocycles. The average Bonchev–Trinajstić information content (AvgIpc) is 2.33. The van der Waals surface area contributed by atoms with Crippen molar-refractivity contribution in [1.82, 2.24) is 4.98 Å².